The number of unbranched alkanes of at least 4 members (excludes halogenated alkanes) is 2. The topological polar surface area (TPSA) is 58.6 Å². The average Bonchev–Trinajstić information content (AvgIpc) is 2.47. The van der Waals surface area contributed by atoms with Crippen molar-refractivity contribution in [3.63, 3.8) is 0 Å². The molecule has 5 heteroatoms. The number of likely N-dealkylation sites (tertiary alicyclic amines) is 1. The Morgan fingerprint density at radius 3 is 2.76 bits per heavy atom. The standard InChI is InChI=1S/C16H30N2O3/c1-4-5-6-9-13(2)17-15(19)12-18-11-8-7-10-14(18)16(20)21-3/h13-14H,4-12H2,1-3H3,(H,17,19)/t13?,14-/m1/s1. The lowest BCUT2D eigenvalue weighted by Gasteiger charge is -2.33. The Balaban J connectivity index is 2.38. The highest BCUT2D eigenvalue weighted by Gasteiger charge is 2.30. The van der Waals surface area contributed by atoms with Crippen LogP contribution in [0.5, 0.6) is 0 Å². The van der Waals surface area contributed by atoms with Crippen molar-refractivity contribution in [2.75, 3.05) is 20.2 Å². The van der Waals surface area contributed by atoms with Gasteiger partial charge in [-0.2, -0.15) is 0 Å². The third-order valence-corrected chi connectivity index (χ3v) is 4.08. The quantitative estimate of drug-likeness (QED) is 0.551. The maximum Gasteiger partial charge on any atom is 0.323 e. The van der Waals surface area contributed by atoms with E-state index in [0.29, 0.717) is 0 Å². The van der Waals surface area contributed by atoms with Gasteiger partial charge in [0.25, 0.3) is 0 Å². The van der Waals surface area contributed by atoms with Crippen molar-refractivity contribution in [1.82, 2.24) is 10.2 Å². The number of carbonyl (C=O) groups excluding carboxylic acids is 2. The van der Waals surface area contributed by atoms with Crippen LogP contribution in [0.1, 0.15) is 58.8 Å². The highest BCUT2D eigenvalue weighted by atomic mass is 16.5. The summed E-state index contributed by atoms with van der Waals surface area (Å²) in [7, 11) is 1.41. The molecule has 1 rings (SSSR count). The maximum atomic E-state index is 12.1. The number of esters is 1. The average molecular weight is 298 g/mol. The van der Waals surface area contributed by atoms with Crippen molar-refractivity contribution in [3.05, 3.63) is 0 Å². The van der Waals surface area contributed by atoms with Crippen molar-refractivity contribution in [2.24, 2.45) is 0 Å². The number of rotatable bonds is 8. The normalized spacial score (nSPS) is 20.8. The Labute approximate surface area is 128 Å². The van der Waals surface area contributed by atoms with Gasteiger partial charge in [0, 0.05) is 6.04 Å². The molecule has 1 aliphatic heterocycles. The van der Waals surface area contributed by atoms with Crippen LogP contribution < -0.4 is 5.32 Å². The van der Waals surface area contributed by atoms with Crippen LogP contribution in [0.4, 0.5) is 0 Å². The summed E-state index contributed by atoms with van der Waals surface area (Å²) in [6.45, 7) is 5.30. The number of nitrogens with one attached hydrogen (secondary N) is 1. The van der Waals surface area contributed by atoms with Crippen LogP contribution in [0.3, 0.4) is 0 Å². The molecule has 1 heterocycles. The lowest BCUT2D eigenvalue weighted by molar-refractivity contribution is -0.148. The van der Waals surface area contributed by atoms with Crippen LogP contribution in [0.15, 0.2) is 0 Å². The third kappa shape index (κ3) is 6.46. The third-order valence-electron chi connectivity index (χ3n) is 4.08. The Hall–Kier alpha value is -1.10. The van der Waals surface area contributed by atoms with Crippen LogP contribution >= 0.6 is 0 Å². The van der Waals surface area contributed by atoms with Gasteiger partial charge < -0.3 is 10.1 Å². The molecule has 21 heavy (non-hydrogen) atoms. The zero-order valence-electron chi connectivity index (χ0n) is 13.7. The van der Waals surface area contributed by atoms with E-state index in [9.17, 15) is 9.59 Å². The lowest BCUT2D eigenvalue weighted by Crippen LogP contribution is -2.50. The Kier molecular flexibility index (Phi) is 8.35. The number of methoxy groups -OCH3 is 1. The molecule has 1 N–H and O–H groups in total. The Bertz CT molecular complexity index is 333. The minimum atomic E-state index is -0.259. The van der Waals surface area contributed by atoms with Crippen LogP contribution in [0, 0.1) is 0 Å². The monoisotopic (exact) mass is 298 g/mol. The lowest BCUT2D eigenvalue weighted by atomic mass is 10.0. The molecule has 0 aromatic rings. The smallest absolute Gasteiger partial charge is 0.323 e. The number of nitrogens with zero attached hydrogens (tertiary/aromatic N) is 1. The number of hydrogen-bond acceptors (Lipinski definition) is 4. The molecule has 0 spiro atoms. The van der Waals surface area contributed by atoms with Gasteiger partial charge in [0.2, 0.25) is 5.91 Å². The fourth-order valence-electron chi connectivity index (χ4n) is 2.86. The van der Waals surface area contributed by atoms with Gasteiger partial charge >= 0.3 is 5.97 Å². The van der Waals surface area contributed by atoms with E-state index < -0.39 is 0 Å². The van der Waals surface area contributed by atoms with E-state index in [-0.39, 0.29) is 30.5 Å². The molecular weight excluding hydrogens is 268 g/mol. The molecule has 1 saturated heterocycles. The highest BCUT2D eigenvalue weighted by Crippen LogP contribution is 2.17. The number of piperidine rings is 1. The van der Waals surface area contributed by atoms with Gasteiger partial charge in [-0.25, -0.2) is 0 Å². The predicted octanol–water partition coefficient (Wildman–Crippen LogP) is 2.10. The van der Waals surface area contributed by atoms with Crippen molar-refractivity contribution in [2.45, 2.75) is 70.9 Å². The molecule has 0 aromatic carbocycles. The summed E-state index contributed by atoms with van der Waals surface area (Å²) >= 11 is 0. The predicted molar refractivity (Wildman–Crippen MR) is 83.0 cm³/mol. The van der Waals surface area contributed by atoms with Gasteiger partial charge in [-0.1, -0.05) is 32.6 Å². The molecule has 1 amide bonds. The van der Waals surface area contributed by atoms with E-state index in [4.69, 9.17) is 4.74 Å². The van der Waals surface area contributed by atoms with Gasteiger partial charge in [0.05, 0.1) is 13.7 Å². The second-order valence-corrected chi connectivity index (χ2v) is 5.97. The first kappa shape index (κ1) is 18.0. The summed E-state index contributed by atoms with van der Waals surface area (Å²) in [5, 5.41) is 3.03. The summed E-state index contributed by atoms with van der Waals surface area (Å²) in [5.74, 6) is -0.215. The molecule has 2 atom stereocenters. The Morgan fingerprint density at radius 1 is 1.33 bits per heavy atom. The van der Waals surface area contributed by atoms with Crippen molar-refractivity contribution >= 4 is 11.9 Å². The second-order valence-electron chi connectivity index (χ2n) is 5.97. The summed E-state index contributed by atoms with van der Waals surface area (Å²) in [5.41, 5.74) is 0. The fourth-order valence-corrected chi connectivity index (χ4v) is 2.86. The Morgan fingerprint density at radius 2 is 2.10 bits per heavy atom. The molecular formula is C16H30N2O3. The summed E-state index contributed by atoms with van der Waals surface area (Å²) in [4.78, 5) is 25.8. The van der Waals surface area contributed by atoms with E-state index in [1.165, 1.54) is 20.0 Å². The molecule has 5 nitrogen and oxygen atoms in total. The first-order valence-electron chi connectivity index (χ1n) is 8.19. The molecule has 0 aliphatic carbocycles. The van der Waals surface area contributed by atoms with Gasteiger partial charge in [0.1, 0.15) is 6.04 Å². The van der Waals surface area contributed by atoms with E-state index in [1.807, 2.05) is 11.8 Å². The minimum absolute atomic E-state index is 0.00908. The van der Waals surface area contributed by atoms with Crippen LogP contribution in [0.25, 0.3) is 0 Å². The fraction of sp³-hybridized carbons (Fsp3) is 0.875. The molecule has 1 unspecified atom stereocenters. The number of amides is 1. The molecule has 0 aromatic heterocycles. The number of carbonyl (C=O) groups is 2. The van der Waals surface area contributed by atoms with E-state index in [1.54, 1.807) is 0 Å². The summed E-state index contributed by atoms with van der Waals surface area (Å²) in [6.07, 6.45) is 7.39. The summed E-state index contributed by atoms with van der Waals surface area (Å²) < 4.78 is 4.84. The van der Waals surface area contributed by atoms with Gasteiger partial charge in [-0.15, -0.1) is 0 Å². The minimum Gasteiger partial charge on any atom is -0.468 e. The zero-order valence-corrected chi connectivity index (χ0v) is 13.7. The first-order chi connectivity index (χ1) is 10.1. The van der Waals surface area contributed by atoms with Crippen LogP contribution in [-0.4, -0.2) is 49.1 Å². The number of hydrogen-bond donors (Lipinski definition) is 1. The maximum absolute atomic E-state index is 12.1. The SMILES string of the molecule is CCCCCC(C)NC(=O)CN1CCCC[C@@H]1C(=O)OC. The molecule has 0 bridgehead atoms. The molecule has 0 saturated carbocycles. The molecule has 122 valence electrons. The van der Waals surface area contributed by atoms with Gasteiger partial charge in [-0.3, -0.25) is 14.5 Å². The van der Waals surface area contributed by atoms with Crippen molar-refractivity contribution in [3.8, 4) is 0 Å². The molecule has 1 fully saturated rings. The van der Waals surface area contributed by atoms with E-state index >= 15 is 0 Å². The highest BCUT2D eigenvalue weighted by molar-refractivity contribution is 5.80. The van der Waals surface area contributed by atoms with Crippen LogP contribution in [-0.2, 0) is 14.3 Å². The van der Waals surface area contributed by atoms with E-state index in [0.717, 1.165) is 38.6 Å². The van der Waals surface area contributed by atoms with Gasteiger partial charge in [-0.05, 0) is 32.7 Å². The van der Waals surface area contributed by atoms with E-state index in [2.05, 4.69) is 12.2 Å². The first-order valence-corrected chi connectivity index (χ1v) is 8.19. The second kappa shape index (κ2) is 9.77. The van der Waals surface area contributed by atoms with Crippen molar-refractivity contribution < 1.29 is 14.3 Å². The largest absolute Gasteiger partial charge is 0.468 e. The van der Waals surface area contributed by atoms with Crippen LogP contribution in [0.2, 0.25) is 0 Å². The van der Waals surface area contributed by atoms with Crippen molar-refractivity contribution in [1.29, 1.82) is 0 Å². The molecule has 0 radical (unpaired) electrons. The zero-order chi connectivity index (χ0) is 15.7. The summed E-state index contributed by atoms with van der Waals surface area (Å²) in [6, 6.07) is -0.0599. The number of ether oxygens (including phenoxy) is 1. The molecule has 1 aliphatic rings. The van der Waals surface area contributed by atoms with Gasteiger partial charge in [0.15, 0.2) is 0 Å².